The molecule has 0 saturated carbocycles. The number of carbonyl (C=O) groups is 2. The van der Waals surface area contributed by atoms with Gasteiger partial charge in [-0.25, -0.2) is 0 Å². The highest BCUT2D eigenvalue weighted by Crippen LogP contribution is 2.29. The Labute approximate surface area is 170 Å². The number of likely N-dealkylation sites (tertiary alicyclic amines) is 1. The van der Waals surface area contributed by atoms with E-state index in [2.05, 4.69) is 5.32 Å². The molecule has 2 aromatic carbocycles. The zero-order valence-corrected chi connectivity index (χ0v) is 16.9. The molecule has 2 amide bonds. The average molecular weight is 398 g/mol. The van der Waals surface area contributed by atoms with Gasteiger partial charge in [-0.05, 0) is 36.2 Å². The first-order chi connectivity index (χ1) is 14.0. The summed E-state index contributed by atoms with van der Waals surface area (Å²) < 4.78 is 15.8. The number of methoxy groups -OCH3 is 3. The molecule has 1 heterocycles. The second-order valence-corrected chi connectivity index (χ2v) is 6.87. The van der Waals surface area contributed by atoms with Gasteiger partial charge >= 0.3 is 0 Å². The van der Waals surface area contributed by atoms with Crippen molar-refractivity contribution in [2.24, 2.45) is 5.92 Å². The van der Waals surface area contributed by atoms with Crippen molar-refractivity contribution < 1.29 is 23.8 Å². The van der Waals surface area contributed by atoms with Crippen LogP contribution >= 0.6 is 0 Å². The molecule has 3 rings (SSSR count). The molecule has 1 saturated heterocycles. The highest BCUT2D eigenvalue weighted by atomic mass is 16.5. The van der Waals surface area contributed by atoms with Crippen LogP contribution in [0.4, 0.5) is 5.69 Å². The van der Waals surface area contributed by atoms with E-state index >= 15 is 0 Å². The largest absolute Gasteiger partial charge is 0.495 e. The normalized spacial score (nSPS) is 15.9. The molecule has 2 aromatic rings. The van der Waals surface area contributed by atoms with Gasteiger partial charge in [0, 0.05) is 19.5 Å². The summed E-state index contributed by atoms with van der Waals surface area (Å²) in [5, 5.41) is 2.87. The van der Waals surface area contributed by atoms with Gasteiger partial charge < -0.3 is 24.4 Å². The van der Waals surface area contributed by atoms with Crippen molar-refractivity contribution in [3.63, 3.8) is 0 Å². The number of nitrogens with one attached hydrogen (secondary N) is 1. The number of benzene rings is 2. The van der Waals surface area contributed by atoms with Gasteiger partial charge in [-0.1, -0.05) is 18.2 Å². The van der Waals surface area contributed by atoms with E-state index < -0.39 is 0 Å². The van der Waals surface area contributed by atoms with Gasteiger partial charge in [0.05, 0.1) is 32.9 Å². The van der Waals surface area contributed by atoms with Crippen LogP contribution in [0.25, 0.3) is 0 Å². The minimum Gasteiger partial charge on any atom is -0.495 e. The molecule has 7 heteroatoms. The Morgan fingerprint density at radius 1 is 1.03 bits per heavy atom. The van der Waals surface area contributed by atoms with Crippen molar-refractivity contribution in [3.05, 3.63) is 48.0 Å². The van der Waals surface area contributed by atoms with Gasteiger partial charge in [-0.3, -0.25) is 9.59 Å². The number of amides is 2. The van der Waals surface area contributed by atoms with E-state index in [4.69, 9.17) is 14.2 Å². The number of anilines is 1. The standard InChI is InChI=1S/C22H26N2O5/c1-27-18-7-5-4-6-17(18)23-22(26)16-13-21(25)24(14-16)11-10-15-8-9-19(28-2)20(12-15)29-3/h4-9,12,16H,10-11,13-14H2,1-3H3,(H,23,26). The molecule has 7 nitrogen and oxygen atoms in total. The Balaban J connectivity index is 1.58. The predicted octanol–water partition coefficient (Wildman–Crippen LogP) is 2.74. The zero-order valence-electron chi connectivity index (χ0n) is 16.9. The molecule has 1 aliphatic heterocycles. The summed E-state index contributed by atoms with van der Waals surface area (Å²) in [7, 11) is 4.74. The van der Waals surface area contributed by atoms with Crippen molar-refractivity contribution in [2.45, 2.75) is 12.8 Å². The lowest BCUT2D eigenvalue weighted by Gasteiger charge is -2.17. The second-order valence-electron chi connectivity index (χ2n) is 6.87. The summed E-state index contributed by atoms with van der Waals surface area (Å²) in [5.74, 6) is 1.36. The smallest absolute Gasteiger partial charge is 0.229 e. The van der Waals surface area contributed by atoms with Crippen LogP contribution in [-0.4, -0.2) is 51.1 Å². The molecule has 29 heavy (non-hydrogen) atoms. The molecule has 1 N–H and O–H groups in total. The van der Waals surface area contributed by atoms with Gasteiger partial charge in [-0.2, -0.15) is 0 Å². The van der Waals surface area contributed by atoms with Crippen molar-refractivity contribution in [1.82, 2.24) is 4.90 Å². The summed E-state index contributed by atoms with van der Waals surface area (Å²) in [6.45, 7) is 0.958. The molecular weight excluding hydrogens is 372 g/mol. The van der Waals surface area contributed by atoms with E-state index in [0.29, 0.717) is 42.4 Å². The maximum Gasteiger partial charge on any atom is 0.229 e. The zero-order chi connectivity index (χ0) is 20.8. The average Bonchev–Trinajstić information content (AvgIpc) is 3.13. The third-order valence-corrected chi connectivity index (χ3v) is 5.07. The number of hydrogen-bond donors (Lipinski definition) is 1. The van der Waals surface area contributed by atoms with E-state index in [1.54, 1.807) is 38.4 Å². The fourth-order valence-electron chi connectivity index (χ4n) is 3.45. The van der Waals surface area contributed by atoms with Crippen LogP contribution in [-0.2, 0) is 16.0 Å². The quantitative estimate of drug-likeness (QED) is 0.740. The minimum atomic E-state index is -0.377. The van der Waals surface area contributed by atoms with Crippen molar-refractivity contribution in [1.29, 1.82) is 0 Å². The van der Waals surface area contributed by atoms with Crippen LogP contribution < -0.4 is 19.5 Å². The monoisotopic (exact) mass is 398 g/mol. The number of hydrogen-bond acceptors (Lipinski definition) is 5. The molecule has 0 radical (unpaired) electrons. The number of para-hydroxylation sites is 2. The SMILES string of the molecule is COc1ccccc1NC(=O)C1CC(=O)N(CCc2ccc(OC)c(OC)c2)C1. The minimum absolute atomic E-state index is 0.00865. The lowest BCUT2D eigenvalue weighted by atomic mass is 10.1. The molecule has 0 aromatic heterocycles. The van der Waals surface area contributed by atoms with Crippen LogP contribution in [0.15, 0.2) is 42.5 Å². The molecule has 1 fully saturated rings. The third-order valence-electron chi connectivity index (χ3n) is 5.07. The lowest BCUT2D eigenvalue weighted by molar-refractivity contribution is -0.128. The number of ether oxygens (including phenoxy) is 3. The highest BCUT2D eigenvalue weighted by Gasteiger charge is 2.34. The molecular formula is C22H26N2O5. The topological polar surface area (TPSA) is 77.1 Å². The maximum atomic E-state index is 12.6. The summed E-state index contributed by atoms with van der Waals surface area (Å²) >= 11 is 0. The van der Waals surface area contributed by atoms with Crippen molar-refractivity contribution in [2.75, 3.05) is 39.7 Å². The predicted molar refractivity (Wildman–Crippen MR) is 110 cm³/mol. The molecule has 0 aliphatic carbocycles. The van der Waals surface area contributed by atoms with Crippen LogP contribution in [0.2, 0.25) is 0 Å². The Bertz CT molecular complexity index is 883. The van der Waals surface area contributed by atoms with Crippen LogP contribution in [0.3, 0.4) is 0 Å². The maximum absolute atomic E-state index is 12.6. The van der Waals surface area contributed by atoms with Crippen LogP contribution in [0, 0.1) is 5.92 Å². The lowest BCUT2D eigenvalue weighted by Crippen LogP contribution is -2.30. The van der Waals surface area contributed by atoms with Gasteiger partial charge in [0.2, 0.25) is 11.8 Å². The first kappa shape index (κ1) is 20.5. The Kier molecular flexibility index (Phi) is 6.59. The summed E-state index contributed by atoms with van der Waals surface area (Å²) in [6.07, 6.45) is 0.889. The third kappa shape index (κ3) is 4.80. The molecule has 0 bridgehead atoms. The van der Waals surface area contributed by atoms with E-state index in [1.807, 2.05) is 30.3 Å². The summed E-state index contributed by atoms with van der Waals surface area (Å²) in [5.41, 5.74) is 1.65. The first-order valence-corrected chi connectivity index (χ1v) is 9.48. The van der Waals surface area contributed by atoms with Crippen LogP contribution in [0.5, 0.6) is 17.2 Å². The van der Waals surface area contributed by atoms with Gasteiger partial charge in [0.1, 0.15) is 5.75 Å². The molecule has 1 aliphatic rings. The van der Waals surface area contributed by atoms with Crippen molar-refractivity contribution in [3.8, 4) is 17.2 Å². The fraction of sp³-hybridized carbons (Fsp3) is 0.364. The molecule has 0 spiro atoms. The highest BCUT2D eigenvalue weighted by molar-refractivity contribution is 5.98. The number of rotatable bonds is 8. The Hall–Kier alpha value is -3.22. The number of carbonyl (C=O) groups excluding carboxylic acids is 2. The van der Waals surface area contributed by atoms with E-state index in [1.165, 1.54) is 0 Å². The van der Waals surface area contributed by atoms with E-state index in [9.17, 15) is 9.59 Å². The molecule has 1 atom stereocenters. The fourth-order valence-corrected chi connectivity index (χ4v) is 3.45. The molecule has 154 valence electrons. The second kappa shape index (κ2) is 9.32. The van der Waals surface area contributed by atoms with Crippen LogP contribution in [0.1, 0.15) is 12.0 Å². The first-order valence-electron chi connectivity index (χ1n) is 9.48. The Morgan fingerprint density at radius 2 is 1.76 bits per heavy atom. The van der Waals surface area contributed by atoms with E-state index in [-0.39, 0.29) is 24.2 Å². The van der Waals surface area contributed by atoms with Gasteiger partial charge in [0.15, 0.2) is 11.5 Å². The van der Waals surface area contributed by atoms with E-state index in [0.717, 1.165) is 5.56 Å². The van der Waals surface area contributed by atoms with Gasteiger partial charge in [-0.15, -0.1) is 0 Å². The summed E-state index contributed by atoms with van der Waals surface area (Å²) in [6, 6.07) is 12.9. The summed E-state index contributed by atoms with van der Waals surface area (Å²) in [4.78, 5) is 26.8. The Morgan fingerprint density at radius 3 is 2.48 bits per heavy atom. The molecule has 1 unspecified atom stereocenters. The number of nitrogens with zero attached hydrogens (tertiary/aromatic N) is 1. The van der Waals surface area contributed by atoms with Gasteiger partial charge in [0.25, 0.3) is 0 Å². The van der Waals surface area contributed by atoms with Crippen molar-refractivity contribution >= 4 is 17.5 Å².